The smallest absolute Gasteiger partial charge is 0.126 e. The van der Waals surface area contributed by atoms with Crippen LogP contribution in [0.25, 0.3) is 10.6 Å². The number of aliphatic hydroxyl groups excluding tert-OH is 2. The van der Waals surface area contributed by atoms with E-state index in [-0.39, 0.29) is 6.61 Å². The molecular weight excluding hydrogens is 258 g/mol. The van der Waals surface area contributed by atoms with E-state index < -0.39 is 6.10 Å². The molecule has 0 amide bonds. The first-order chi connectivity index (χ1) is 8.29. The molecule has 0 aromatic carbocycles. The summed E-state index contributed by atoms with van der Waals surface area (Å²) in [5, 5.41) is 20.8. The summed E-state index contributed by atoms with van der Waals surface area (Å²) in [6.07, 6.45) is 2.65. The summed E-state index contributed by atoms with van der Waals surface area (Å²) in [7, 11) is 0. The molecule has 2 rings (SSSR count). The molecule has 4 nitrogen and oxygen atoms in total. The maximum Gasteiger partial charge on any atom is 0.126 e. The number of furan rings is 1. The minimum absolute atomic E-state index is 0.190. The molecule has 0 saturated heterocycles. The van der Waals surface area contributed by atoms with Crippen LogP contribution in [0.2, 0.25) is 0 Å². The SMILES string of the molecule is OCC(O)CSCc1csc(-c2ccoc2)n1. The van der Waals surface area contributed by atoms with E-state index in [2.05, 4.69) is 4.98 Å². The number of aliphatic hydroxyl groups is 2. The Hall–Kier alpha value is -0.820. The van der Waals surface area contributed by atoms with Gasteiger partial charge in [0.1, 0.15) is 11.3 Å². The number of nitrogens with zero attached hydrogens (tertiary/aromatic N) is 1. The van der Waals surface area contributed by atoms with E-state index in [1.54, 1.807) is 35.6 Å². The molecule has 92 valence electrons. The molecule has 1 unspecified atom stereocenters. The van der Waals surface area contributed by atoms with Crippen molar-refractivity contribution in [2.75, 3.05) is 12.4 Å². The number of hydrogen-bond acceptors (Lipinski definition) is 6. The van der Waals surface area contributed by atoms with Crippen LogP contribution < -0.4 is 0 Å². The van der Waals surface area contributed by atoms with Crippen LogP contribution in [0.5, 0.6) is 0 Å². The first kappa shape index (κ1) is 12.6. The number of hydrogen-bond donors (Lipinski definition) is 2. The lowest BCUT2D eigenvalue weighted by Gasteiger charge is -2.04. The first-order valence-corrected chi connectivity index (χ1v) is 7.16. The predicted molar refractivity (Wildman–Crippen MR) is 69.1 cm³/mol. The average molecular weight is 271 g/mol. The molecular formula is C11H13NO3S2. The van der Waals surface area contributed by atoms with Gasteiger partial charge in [-0.25, -0.2) is 4.98 Å². The van der Waals surface area contributed by atoms with Gasteiger partial charge in [0.2, 0.25) is 0 Å². The predicted octanol–water partition coefficient (Wildman–Crippen LogP) is 1.99. The van der Waals surface area contributed by atoms with Crippen molar-refractivity contribution in [3.8, 4) is 10.6 Å². The van der Waals surface area contributed by atoms with E-state index in [0.717, 1.165) is 22.0 Å². The van der Waals surface area contributed by atoms with Crippen LogP contribution in [0.1, 0.15) is 5.69 Å². The zero-order chi connectivity index (χ0) is 12.1. The summed E-state index contributed by atoms with van der Waals surface area (Å²) in [4.78, 5) is 4.47. The van der Waals surface area contributed by atoms with Gasteiger partial charge in [-0.2, -0.15) is 11.8 Å². The van der Waals surface area contributed by atoms with Gasteiger partial charge in [0.25, 0.3) is 0 Å². The molecule has 0 spiro atoms. The number of aromatic nitrogens is 1. The molecule has 2 aromatic rings. The highest BCUT2D eigenvalue weighted by Gasteiger charge is 2.07. The van der Waals surface area contributed by atoms with Crippen LogP contribution in [-0.2, 0) is 5.75 Å². The van der Waals surface area contributed by atoms with Crippen LogP contribution in [0, 0.1) is 0 Å². The Bertz CT molecular complexity index is 441. The average Bonchev–Trinajstić information content (AvgIpc) is 2.98. The Balaban J connectivity index is 1.87. The van der Waals surface area contributed by atoms with Gasteiger partial charge >= 0.3 is 0 Å². The lowest BCUT2D eigenvalue weighted by atomic mass is 10.4. The zero-order valence-corrected chi connectivity index (χ0v) is 10.7. The van der Waals surface area contributed by atoms with Crippen molar-refractivity contribution in [3.63, 3.8) is 0 Å². The highest BCUT2D eigenvalue weighted by atomic mass is 32.2. The van der Waals surface area contributed by atoms with Crippen molar-refractivity contribution in [2.24, 2.45) is 0 Å². The molecule has 0 bridgehead atoms. The normalized spacial score (nSPS) is 12.8. The Morgan fingerprint density at radius 3 is 3.12 bits per heavy atom. The topological polar surface area (TPSA) is 66.5 Å². The molecule has 0 aliphatic rings. The highest BCUT2D eigenvalue weighted by molar-refractivity contribution is 7.98. The van der Waals surface area contributed by atoms with Crippen LogP contribution in [0.15, 0.2) is 28.4 Å². The zero-order valence-electron chi connectivity index (χ0n) is 9.07. The fraction of sp³-hybridized carbons (Fsp3) is 0.364. The summed E-state index contributed by atoms with van der Waals surface area (Å²) in [6, 6.07) is 1.88. The van der Waals surface area contributed by atoms with Gasteiger partial charge in [0.15, 0.2) is 0 Å². The fourth-order valence-corrected chi connectivity index (χ4v) is 3.01. The second-order valence-electron chi connectivity index (χ2n) is 3.51. The fourth-order valence-electron chi connectivity index (χ4n) is 1.24. The third-order valence-electron chi connectivity index (χ3n) is 2.09. The lowest BCUT2D eigenvalue weighted by molar-refractivity contribution is 0.113. The van der Waals surface area contributed by atoms with E-state index in [1.807, 2.05) is 11.4 Å². The van der Waals surface area contributed by atoms with E-state index in [4.69, 9.17) is 9.52 Å². The monoisotopic (exact) mass is 271 g/mol. The molecule has 6 heteroatoms. The van der Waals surface area contributed by atoms with Gasteiger partial charge in [0, 0.05) is 22.4 Å². The second kappa shape index (κ2) is 6.20. The van der Waals surface area contributed by atoms with Crippen LogP contribution >= 0.6 is 23.1 Å². The Kier molecular flexibility index (Phi) is 4.61. The minimum atomic E-state index is -0.646. The van der Waals surface area contributed by atoms with Gasteiger partial charge in [-0.3, -0.25) is 0 Å². The summed E-state index contributed by atoms with van der Waals surface area (Å²) < 4.78 is 5.01. The maximum atomic E-state index is 9.19. The van der Waals surface area contributed by atoms with E-state index in [0.29, 0.717) is 5.75 Å². The van der Waals surface area contributed by atoms with Crippen molar-refractivity contribution < 1.29 is 14.6 Å². The molecule has 0 aliphatic carbocycles. The van der Waals surface area contributed by atoms with Crippen molar-refractivity contribution in [1.82, 2.24) is 4.98 Å². The lowest BCUT2D eigenvalue weighted by Crippen LogP contribution is -2.14. The molecule has 0 fully saturated rings. The van der Waals surface area contributed by atoms with Gasteiger partial charge in [-0.15, -0.1) is 11.3 Å². The molecule has 2 heterocycles. The summed E-state index contributed by atoms with van der Waals surface area (Å²) in [5.74, 6) is 1.26. The first-order valence-electron chi connectivity index (χ1n) is 5.13. The third kappa shape index (κ3) is 3.57. The van der Waals surface area contributed by atoms with Crippen molar-refractivity contribution >= 4 is 23.1 Å². The van der Waals surface area contributed by atoms with Crippen LogP contribution in [0.3, 0.4) is 0 Å². The Morgan fingerprint density at radius 2 is 2.41 bits per heavy atom. The molecule has 0 aliphatic heterocycles. The summed E-state index contributed by atoms with van der Waals surface area (Å²) in [5.41, 5.74) is 1.97. The van der Waals surface area contributed by atoms with Crippen LogP contribution in [-0.4, -0.2) is 33.7 Å². The van der Waals surface area contributed by atoms with E-state index >= 15 is 0 Å². The number of thioether (sulfide) groups is 1. The van der Waals surface area contributed by atoms with E-state index in [9.17, 15) is 5.11 Å². The Morgan fingerprint density at radius 1 is 1.53 bits per heavy atom. The molecule has 17 heavy (non-hydrogen) atoms. The van der Waals surface area contributed by atoms with Gasteiger partial charge in [-0.1, -0.05) is 0 Å². The summed E-state index contributed by atoms with van der Waals surface area (Å²) in [6.45, 7) is -0.190. The van der Waals surface area contributed by atoms with Crippen molar-refractivity contribution in [3.05, 3.63) is 29.7 Å². The standard InChI is InChI=1S/C11H13NO3S2/c13-3-10(14)7-16-5-9-6-17-11(12-9)8-1-2-15-4-8/h1-2,4,6,10,13-14H,3,5,7H2. The van der Waals surface area contributed by atoms with Gasteiger partial charge in [-0.05, 0) is 6.07 Å². The highest BCUT2D eigenvalue weighted by Crippen LogP contribution is 2.25. The van der Waals surface area contributed by atoms with Crippen molar-refractivity contribution in [2.45, 2.75) is 11.9 Å². The van der Waals surface area contributed by atoms with Crippen molar-refractivity contribution in [1.29, 1.82) is 0 Å². The van der Waals surface area contributed by atoms with Crippen LogP contribution in [0.4, 0.5) is 0 Å². The quantitative estimate of drug-likeness (QED) is 0.841. The molecule has 2 aromatic heterocycles. The summed E-state index contributed by atoms with van der Waals surface area (Å²) >= 11 is 3.14. The number of thiazole rings is 1. The minimum Gasteiger partial charge on any atom is -0.472 e. The maximum absolute atomic E-state index is 9.19. The second-order valence-corrected chi connectivity index (χ2v) is 5.40. The largest absolute Gasteiger partial charge is 0.472 e. The van der Waals surface area contributed by atoms with Gasteiger partial charge in [0.05, 0.1) is 24.7 Å². The van der Waals surface area contributed by atoms with Gasteiger partial charge < -0.3 is 14.6 Å². The number of rotatable bonds is 6. The molecule has 2 N–H and O–H groups in total. The Labute approximate surface area is 107 Å². The third-order valence-corrected chi connectivity index (χ3v) is 4.15. The molecule has 1 atom stereocenters. The molecule has 0 saturated carbocycles. The van der Waals surface area contributed by atoms with E-state index in [1.165, 1.54) is 0 Å². The molecule has 0 radical (unpaired) electrons.